The van der Waals surface area contributed by atoms with Gasteiger partial charge in [-0.15, -0.1) is 0 Å². The number of hydrogen-bond acceptors (Lipinski definition) is 3. The maximum absolute atomic E-state index is 12.3. The molecule has 0 heterocycles. The number of nitrogens with one attached hydrogen (secondary N) is 1. The largest absolute Gasteiger partial charge is 0.328 e. The zero-order valence-corrected chi connectivity index (χ0v) is 12.6. The summed E-state index contributed by atoms with van der Waals surface area (Å²) >= 11 is 6.01. The Hall–Kier alpha value is -0.620. The van der Waals surface area contributed by atoms with Gasteiger partial charge in [0, 0.05) is 12.1 Å². The van der Waals surface area contributed by atoms with Crippen molar-refractivity contribution in [2.24, 2.45) is 5.73 Å². The van der Waals surface area contributed by atoms with Gasteiger partial charge in [-0.1, -0.05) is 31.5 Å². The first kappa shape index (κ1) is 14.8. The van der Waals surface area contributed by atoms with E-state index in [0.717, 1.165) is 5.56 Å². The fourth-order valence-electron chi connectivity index (χ4n) is 2.13. The molecule has 0 bridgehead atoms. The molecule has 6 heteroatoms. The van der Waals surface area contributed by atoms with E-state index < -0.39 is 10.0 Å². The van der Waals surface area contributed by atoms with E-state index in [4.69, 9.17) is 17.3 Å². The van der Waals surface area contributed by atoms with Crippen LogP contribution in [0.25, 0.3) is 0 Å². The number of nitrogens with two attached hydrogens (primary N) is 1. The van der Waals surface area contributed by atoms with E-state index >= 15 is 0 Å². The van der Waals surface area contributed by atoms with Crippen LogP contribution in [0.2, 0.25) is 5.02 Å². The van der Waals surface area contributed by atoms with Crippen LogP contribution in [-0.4, -0.2) is 20.5 Å². The minimum absolute atomic E-state index is 0.0706. The average molecular weight is 303 g/mol. The molecule has 4 nitrogen and oxygen atoms in total. The van der Waals surface area contributed by atoms with Crippen LogP contribution >= 0.6 is 11.6 Å². The fourth-order valence-corrected chi connectivity index (χ4v) is 3.92. The van der Waals surface area contributed by atoms with E-state index in [1.165, 1.54) is 0 Å². The van der Waals surface area contributed by atoms with Crippen molar-refractivity contribution in [1.29, 1.82) is 0 Å². The Morgan fingerprint density at radius 1 is 1.37 bits per heavy atom. The average Bonchev–Trinajstić information content (AvgIpc) is 2.26. The lowest BCUT2D eigenvalue weighted by molar-refractivity contribution is 0.327. The van der Waals surface area contributed by atoms with Crippen LogP contribution in [0.5, 0.6) is 0 Å². The van der Waals surface area contributed by atoms with E-state index in [-0.39, 0.29) is 27.9 Å². The van der Waals surface area contributed by atoms with E-state index in [9.17, 15) is 8.42 Å². The zero-order chi connectivity index (χ0) is 14.2. The van der Waals surface area contributed by atoms with E-state index in [0.29, 0.717) is 12.8 Å². The molecule has 0 aliphatic heterocycles. The first-order valence-electron chi connectivity index (χ1n) is 6.37. The predicted octanol–water partition coefficient (Wildman–Crippen LogP) is 2.23. The minimum atomic E-state index is -3.57. The summed E-state index contributed by atoms with van der Waals surface area (Å²) in [5.41, 5.74) is 6.61. The summed E-state index contributed by atoms with van der Waals surface area (Å²) in [5, 5.41) is 0.250. The van der Waals surface area contributed by atoms with Gasteiger partial charge in [-0.25, -0.2) is 13.1 Å². The standard InChI is InChI=1S/C13H19ClN2O2S/c1-8(2)9-3-4-12(14)13(5-9)19(17,18)16-11-6-10(15)7-11/h3-5,8,10-11,16H,6-7,15H2,1-2H3. The summed E-state index contributed by atoms with van der Waals surface area (Å²) in [5.74, 6) is 0.253. The van der Waals surface area contributed by atoms with Crippen LogP contribution in [0.3, 0.4) is 0 Å². The first-order valence-corrected chi connectivity index (χ1v) is 8.23. The number of halogens is 1. The second kappa shape index (κ2) is 5.40. The van der Waals surface area contributed by atoms with Crippen LogP contribution in [-0.2, 0) is 10.0 Å². The third-order valence-electron chi connectivity index (χ3n) is 3.41. The maximum Gasteiger partial charge on any atom is 0.242 e. The molecule has 0 saturated heterocycles. The van der Waals surface area contributed by atoms with E-state index in [2.05, 4.69) is 4.72 Å². The highest BCUT2D eigenvalue weighted by atomic mass is 35.5. The van der Waals surface area contributed by atoms with Crippen molar-refractivity contribution in [1.82, 2.24) is 4.72 Å². The second-order valence-corrected chi connectivity index (χ2v) is 7.48. The lowest BCUT2D eigenvalue weighted by Crippen LogP contribution is -2.50. The SMILES string of the molecule is CC(C)c1ccc(Cl)c(S(=O)(=O)NC2CC(N)C2)c1. The van der Waals surface area contributed by atoms with Gasteiger partial charge in [0.05, 0.1) is 5.02 Å². The molecule has 0 radical (unpaired) electrons. The van der Waals surface area contributed by atoms with Crippen LogP contribution in [0.15, 0.2) is 23.1 Å². The summed E-state index contributed by atoms with van der Waals surface area (Å²) in [4.78, 5) is 0.154. The van der Waals surface area contributed by atoms with Gasteiger partial charge in [0.2, 0.25) is 10.0 Å². The molecule has 0 aromatic heterocycles. The predicted molar refractivity (Wildman–Crippen MR) is 76.9 cm³/mol. The molecule has 1 aliphatic rings. The Morgan fingerprint density at radius 3 is 2.53 bits per heavy atom. The van der Waals surface area contributed by atoms with Gasteiger partial charge in [0.1, 0.15) is 4.90 Å². The molecular formula is C13H19ClN2O2S. The van der Waals surface area contributed by atoms with E-state index in [1.54, 1.807) is 12.1 Å². The molecule has 3 N–H and O–H groups in total. The zero-order valence-electron chi connectivity index (χ0n) is 11.1. The van der Waals surface area contributed by atoms with Crippen LogP contribution in [0, 0.1) is 0 Å². The summed E-state index contributed by atoms with van der Waals surface area (Å²) in [6.45, 7) is 4.02. The molecule has 1 aliphatic carbocycles. The molecule has 0 spiro atoms. The third kappa shape index (κ3) is 3.28. The van der Waals surface area contributed by atoms with Crippen molar-refractivity contribution in [2.75, 3.05) is 0 Å². The minimum Gasteiger partial charge on any atom is -0.328 e. The highest BCUT2D eigenvalue weighted by Gasteiger charge is 2.31. The quantitative estimate of drug-likeness (QED) is 0.896. The Kier molecular flexibility index (Phi) is 4.20. The first-order chi connectivity index (χ1) is 8.79. The molecule has 2 rings (SSSR count). The number of rotatable bonds is 4. The Labute approximate surface area is 119 Å². The molecule has 0 atom stereocenters. The summed E-state index contributed by atoms with van der Waals surface area (Å²) in [6, 6.07) is 5.17. The van der Waals surface area contributed by atoms with Gasteiger partial charge in [0.15, 0.2) is 0 Å². The Bertz CT molecular complexity index is 566. The molecule has 1 saturated carbocycles. The van der Waals surface area contributed by atoms with Crippen molar-refractivity contribution >= 4 is 21.6 Å². The van der Waals surface area contributed by atoms with Crippen molar-refractivity contribution in [3.05, 3.63) is 28.8 Å². The van der Waals surface area contributed by atoms with Crippen molar-refractivity contribution in [3.8, 4) is 0 Å². The molecule has 0 unspecified atom stereocenters. The van der Waals surface area contributed by atoms with Crippen LogP contribution in [0.4, 0.5) is 0 Å². The number of hydrogen-bond donors (Lipinski definition) is 2. The van der Waals surface area contributed by atoms with Gasteiger partial charge in [-0.2, -0.15) is 0 Å². The van der Waals surface area contributed by atoms with Crippen LogP contribution in [0.1, 0.15) is 38.2 Å². The number of benzene rings is 1. The molecule has 19 heavy (non-hydrogen) atoms. The molecule has 1 aromatic carbocycles. The summed E-state index contributed by atoms with van der Waals surface area (Å²) < 4.78 is 27.3. The van der Waals surface area contributed by atoms with Gasteiger partial charge in [-0.3, -0.25) is 0 Å². The summed E-state index contributed by atoms with van der Waals surface area (Å²) in [7, 11) is -3.57. The highest BCUT2D eigenvalue weighted by molar-refractivity contribution is 7.89. The number of sulfonamides is 1. The van der Waals surface area contributed by atoms with E-state index in [1.807, 2.05) is 19.9 Å². The Balaban J connectivity index is 2.26. The lowest BCUT2D eigenvalue weighted by Gasteiger charge is -2.32. The molecule has 1 aromatic rings. The van der Waals surface area contributed by atoms with Crippen molar-refractivity contribution in [3.63, 3.8) is 0 Å². The van der Waals surface area contributed by atoms with Gasteiger partial charge in [-0.05, 0) is 36.5 Å². The third-order valence-corrected chi connectivity index (χ3v) is 5.41. The molecule has 106 valence electrons. The fraction of sp³-hybridized carbons (Fsp3) is 0.538. The van der Waals surface area contributed by atoms with Crippen molar-refractivity contribution in [2.45, 2.75) is 49.6 Å². The van der Waals surface area contributed by atoms with Crippen LogP contribution < -0.4 is 10.5 Å². The highest BCUT2D eigenvalue weighted by Crippen LogP contribution is 2.28. The topological polar surface area (TPSA) is 72.2 Å². The summed E-state index contributed by atoms with van der Waals surface area (Å²) in [6.07, 6.45) is 1.36. The molecule has 0 amide bonds. The van der Waals surface area contributed by atoms with Crippen molar-refractivity contribution < 1.29 is 8.42 Å². The maximum atomic E-state index is 12.3. The molecular weight excluding hydrogens is 284 g/mol. The second-order valence-electron chi connectivity index (χ2n) is 5.39. The molecule has 1 fully saturated rings. The van der Waals surface area contributed by atoms with Gasteiger partial charge in [0.25, 0.3) is 0 Å². The smallest absolute Gasteiger partial charge is 0.242 e. The monoisotopic (exact) mass is 302 g/mol. The van der Waals surface area contributed by atoms with Gasteiger partial charge >= 0.3 is 0 Å². The lowest BCUT2D eigenvalue weighted by atomic mass is 9.89. The van der Waals surface area contributed by atoms with Gasteiger partial charge < -0.3 is 5.73 Å². The normalized spacial score (nSPS) is 23.4. The Morgan fingerprint density at radius 2 is 2.00 bits per heavy atom.